The molecule has 0 radical (unpaired) electrons. The molecule has 1 heterocycles. The van der Waals surface area contributed by atoms with Crippen LogP contribution in [0.15, 0.2) is 22.8 Å². The van der Waals surface area contributed by atoms with Gasteiger partial charge in [0.15, 0.2) is 11.5 Å². The minimum atomic E-state index is -0.416. The van der Waals surface area contributed by atoms with Gasteiger partial charge in [0.25, 0.3) is 5.91 Å². The van der Waals surface area contributed by atoms with E-state index in [0.717, 1.165) is 17.1 Å². The number of ether oxygens (including phenoxy) is 2. The number of nitrogens with two attached hydrogens (primary N) is 1. The molecule has 0 aliphatic heterocycles. The van der Waals surface area contributed by atoms with Gasteiger partial charge in [-0.3, -0.25) is 4.79 Å². The van der Waals surface area contributed by atoms with Gasteiger partial charge in [-0.25, -0.2) is 4.63 Å². The summed E-state index contributed by atoms with van der Waals surface area (Å²) in [6, 6.07) is 5.82. The normalized spacial score (nSPS) is 10.5. The van der Waals surface area contributed by atoms with E-state index in [4.69, 9.17) is 15.2 Å². The van der Waals surface area contributed by atoms with Gasteiger partial charge in [0.2, 0.25) is 11.5 Å². The van der Waals surface area contributed by atoms with Crippen molar-refractivity contribution in [2.24, 2.45) is 0 Å². The zero-order valence-electron chi connectivity index (χ0n) is 14.4. The van der Waals surface area contributed by atoms with Crippen molar-refractivity contribution in [1.29, 1.82) is 0 Å². The quantitative estimate of drug-likeness (QED) is 0.542. The Morgan fingerprint density at radius 2 is 1.92 bits per heavy atom. The highest BCUT2D eigenvalue weighted by atomic mass is 16.6. The summed E-state index contributed by atoms with van der Waals surface area (Å²) in [7, 11) is 0. The number of rotatable bonds is 10. The van der Waals surface area contributed by atoms with Crippen LogP contribution < -0.4 is 25.8 Å². The van der Waals surface area contributed by atoms with Crippen LogP contribution in [-0.2, 0) is 6.54 Å². The Balaban J connectivity index is 1.77. The first-order valence-electron chi connectivity index (χ1n) is 8.11. The highest BCUT2D eigenvalue weighted by molar-refractivity contribution is 5.95. The molecule has 9 heteroatoms. The average Bonchev–Trinajstić information content (AvgIpc) is 3.03. The predicted octanol–water partition coefficient (Wildman–Crippen LogP) is 0.969. The molecule has 25 heavy (non-hydrogen) atoms. The zero-order valence-corrected chi connectivity index (χ0v) is 14.4. The third kappa shape index (κ3) is 5.35. The van der Waals surface area contributed by atoms with Gasteiger partial charge in [0.05, 0.1) is 13.2 Å². The fourth-order valence-electron chi connectivity index (χ4n) is 2.14. The van der Waals surface area contributed by atoms with E-state index in [-0.39, 0.29) is 11.5 Å². The number of benzene rings is 1. The van der Waals surface area contributed by atoms with Gasteiger partial charge < -0.3 is 25.8 Å². The van der Waals surface area contributed by atoms with E-state index in [2.05, 4.69) is 25.6 Å². The third-order valence-corrected chi connectivity index (χ3v) is 3.25. The molecule has 1 amide bonds. The van der Waals surface area contributed by atoms with Gasteiger partial charge in [-0.05, 0) is 41.9 Å². The maximum absolute atomic E-state index is 11.8. The standard InChI is InChI=1S/C16H23N5O4/c1-3-23-12-6-5-11(9-13(12)24-4-2)10-18-7-8-19-16(22)14-15(17)21-25-20-14/h5-6,9,18H,3-4,7-8,10H2,1-2H3,(H2,17,21)(H,19,22). The number of hydrogen-bond donors (Lipinski definition) is 3. The molecule has 9 nitrogen and oxygen atoms in total. The van der Waals surface area contributed by atoms with Gasteiger partial charge in [-0.1, -0.05) is 6.07 Å². The minimum absolute atomic E-state index is 0.00660. The van der Waals surface area contributed by atoms with Crippen LogP contribution in [0.1, 0.15) is 29.9 Å². The molecule has 0 saturated heterocycles. The molecule has 0 fully saturated rings. The van der Waals surface area contributed by atoms with Crippen molar-refractivity contribution in [1.82, 2.24) is 20.9 Å². The maximum Gasteiger partial charge on any atom is 0.277 e. The lowest BCUT2D eigenvalue weighted by molar-refractivity contribution is 0.0944. The van der Waals surface area contributed by atoms with Gasteiger partial charge in [-0.15, -0.1) is 0 Å². The van der Waals surface area contributed by atoms with Crippen LogP contribution in [0, 0.1) is 0 Å². The first-order valence-corrected chi connectivity index (χ1v) is 8.11. The molecule has 0 atom stereocenters. The van der Waals surface area contributed by atoms with Gasteiger partial charge in [0, 0.05) is 19.6 Å². The molecule has 0 bridgehead atoms. The lowest BCUT2D eigenvalue weighted by atomic mass is 10.2. The Morgan fingerprint density at radius 1 is 1.16 bits per heavy atom. The second-order valence-corrected chi connectivity index (χ2v) is 5.08. The summed E-state index contributed by atoms with van der Waals surface area (Å²) < 4.78 is 15.5. The number of carbonyl (C=O) groups excluding carboxylic acids is 1. The third-order valence-electron chi connectivity index (χ3n) is 3.25. The van der Waals surface area contributed by atoms with Crippen molar-refractivity contribution in [3.8, 4) is 11.5 Å². The molecule has 4 N–H and O–H groups in total. The maximum atomic E-state index is 11.8. The predicted molar refractivity (Wildman–Crippen MR) is 91.5 cm³/mol. The van der Waals surface area contributed by atoms with Crippen LogP contribution in [0.4, 0.5) is 5.82 Å². The minimum Gasteiger partial charge on any atom is -0.490 e. The molecule has 0 aliphatic rings. The Hall–Kier alpha value is -2.81. The number of nitrogens with one attached hydrogen (secondary N) is 2. The molecular formula is C16H23N5O4. The summed E-state index contributed by atoms with van der Waals surface area (Å²) in [5.74, 6) is 1.02. The summed E-state index contributed by atoms with van der Waals surface area (Å²) in [5, 5.41) is 12.7. The average molecular weight is 349 g/mol. The van der Waals surface area contributed by atoms with E-state index in [0.29, 0.717) is 32.8 Å². The lowest BCUT2D eigenvalue weighted by Crippen LogP contribution is -2.32. The topological polar surface area (TPSA) is 125 Å². The number of amides is 1. The fourth-order valence-corrected chi connectivity index (χ4v) is 2.14. The van der Waals surface area contributed by atoms with Crippen LogP contribution in [0.2, 0.25) is 0 Å². The SMILES string of the molecule is CCOc1ccc(CNCCNC(=O)c2nonc2N)cc1OCC. The highest BCUT2D eigenvalue weighted by Gasteiger charge is 2.14. The molecule has 0 saturated carbocycles. The summed E-state index contributed by atoms with van der Waals surface area (Å²) in [4.78, 5) is 11.8. The van der Waals surface area contributed by atoms with Crippen molar-refractivity contribution in [3.63, 3.8) is 0 Å². The van der Waals surface area contributed by atoms with Gasteiger partial charge >= 0.3 is 0 Å². The van der Waals surface area contributed by atoms with E-state index < -0.39 is 5.91 Å². The highest BCUT2D eigenvalue weighted by Crippen LogP contribution is 2.28. The van der Waals surface area contributed by atoms with Crippen LogP contribution >= 0.6 is 0 Å². The fraction of sp³-hybridized carbons (Fsp3) is 0.438. The van der Waals surface area contributed by atoms with Crippen LogP contribution in [0.25, 0.3) is 0 Å². The van der Waals surface area contributed by atoms with E-state index in [9.17, 15) is 4.79 Å². The van der Waals surface area contributed by atoms with Crippen LogP contribution in [-0.4, -0.2) is 42.5 Å². The van der Waals surface area contributed by atoms with E-state index >= 15 is 0 Å². The molecule has 2 aromatic rings. The van der Waals surface area contributed by atoms with Crippen molar-refractivity contribution in [3.05, 3.63) is 29.5 Å². The molecule has 2 rings (SSSR count). The van der Waals surface area contributed by atoms with Crippen molar-refractivity contribution in [2.75, 3.05) is 32.0 Å². The molecule has 0 aliphatic carbocycles. The summed E-state index contributed by atoms with van der Waals surface area (Å²) in [6.07, 6.45) is 0. The number of nitrogens with zero attached hydrogens (tertiary/aromatic N) is 2. The molecule has 136 valence electrons. The Bertz CT molecular complexity index is 689. The Labute approximate surface area is 145 Å². The molecule has 1 aromatic carbocycles. The summed E-state index contributed by atoms with van der Waals surface area (Å²) >= 11 is 0. The number of hydrogen-bond acceptors (Lipinski definition) is 8. The summed E-state index contributed by atoms with van der Waals surface area (Å²) in [5.41, 5.74) is 6.51. The first kappa shape index (κ1) is 18.5. The Morgan fingerprint density at radius 3 is 2.60 bits per heavy atom. The number of nitrogen functional groups attached to an aromatic ring is 1. The van der Waals surface area contributed by atoms with Crippen LogP contribution in [0.5, 0.6) is 11.5 Å². The zero-order chi connectivity index (χ0) is 18.1. The second-order valence-electron chi connectivity index (χ2n) is 5.08. The van der Waals surface area contributed by atoms with E-state index in [1.807, 2.05) is 32.0 Å². The molecular weight excluding hydrogens is 326 g/mol. The molecule has 0 unspecified atom stereocenters. The van der Waals surface area contributed by atoms with Gasteiger partial charge in [-0.2, -0.15) is 0 Å². The first-order chi connectivity index (χ1) is 12.2. The monoisotopic (exact) mass is 349 g/mol. The van der Waals surface area contributed by atoms with E-state index in [1.54, 1.807) is 0 Å². The second kappa shape index (κ2) is 9.48. The van der Waals surface area contributed by atoms with Crippen LogP contribution in [0.3, 0.4) is 0 Å². The van der Waals surface area contributed by atoms with Crippen molar-refractivity contribution in [2.45, 2.75) is 20.4 Å². The summed E-state index contributed by atoms with van der Waals surface area (Å²) in [6.45, 7) is 6.65. The largest absolute Gasteiger partial charge is 0.490 e. The number of aromatic nitrogens is 2. The number of anilines is 1. The lowest BCUT2D eigenvalue weighted by Gasteiger charge is -2.13. The Kier molecular flexibility index (Phi) is 7.02. The number of carbonyl (C=O) groups is 1. The molecule has 1 aromatic heterocycles. The van der Waals surface area contributed by atoms with Gasteiger partial charge in [0.1, 0.15) is 0 Å². The van der Waals surface area contributed by atoms with E-state index in [1.165, 1.54) is 0 Å². The smallest absolute Gasteiger partial charge is 0.277 e. The molecule has 0 spiro atoms. The van der Waals surface area contributed by atoms with Crippen molar-refractivity contribution >= 4 is 11.7 Å². The van der Waals surface area contributed by atoms with Crippen molar-refractivity contribution < 1.29 is 18.9 Å².